The van der Waals surface area contributed by atoms with E-state index in [-0.39, 0.29) is 5.91 Å². The molecule has 3 rings (SSSR count). The Morgan fingerprint density at radius 1 is 1.05 bits per heavy atom. The minimum atomic E-state index is -0.165. The summed E-state index contributed by atoms with van der Waals surface area (Å²) in [7, 11) is 0. The molecule has 0 fully saturated rings. The fourth-order valence-corrected chi connectivity index (χ4v) is 2.27. The van der Waals surface area contributed by atoms with Crippen molar-refractivity contribution >= 4 is 34.8 Å². The number of pyridine rings is 1. The normalized spacial score (nSPS) is 10.8. The second-order valence-corrected chi connectivity index (χ2v) is 5.41. The fourth-order valence-electron chi connectivity index (χ4n) is 1.98. The SMILES string of the molecule is O=C(NCc1cn2cc(Cl)ccc2n1)c1ccc(Cl)cc1. The number of hydrogen-bond donors (Lipinski definition) is 1. The molecule has 21 heavy (non-hydrogen) atoms. The van der Waals surface area contributed by atoms with Gasteiger partial charge in [0, 0.05) is 23.0 Å². The molecule has 0 aliphatic carbocycles. The quantitative estimate of drug-likeness (QED) is 0.802. The van der Waals surface area contributed by atoms with Crippen LogP contribution in [0, 0.1) is 0 Å². The highest BCUT2D eigenvalue weighted by Gasteiger charge is 2.07. The van der Waals surface area contributed by atoms with Crippen LogP contribution >= 0.6 is 23.2 Å². The van der Waals surface area contributed by atoms with E-state index >= 15 is 0 Å². The van der Waals surface area contributed by atoms with E-state index < -0.39 is 0 Å². The highest BCUT2D eigenvalue weighted by atomic mass is 35.5. The van der Waals surface area contributed by atoms with Crippen molar-refractivity contribution < 1.29 is 4.79 Å². The summed E-state index contributed by atoms with van der Waals surface area (Å²) in [5.41, 5.74) is 2.11. The number of hydrogen-bond acceptors (Lipinski definition) is 2. The largest absolute Gasteiger partial charge is 0.346 e. The summed E-state index contributed by atoms with van der Waals surface area (Å²) in [6.07, 6.45) is 3.61. The molecule has 1 aromatic carbocycles. The number of rotatable bonds is 3. The van der Waals surface area contributed by atoms with Gasteiger partial charge in [0.05, 0.1) is 17.3 Å². The molecule has 106 valence electrons. The number of benzene rings is 1. The maximum Gasteiger partial charge on any atom is 0.251 e. The molecule has 0 unspecified atom stereocenters. The summed E-state index contributed by atoms with van der Waals surface area (Å²) >= 11 is 11.7. The summed E-state index contributed by atoms with van der Waals surface area (Å²) in [4.78, 5) is 16.4. The third-order valence-electron chi connectivity index (χ3n) is 3.00. The second kappa shape index (κ2) is 5.76. The summed E-state index contributed by atoms with van der Waals surface area (Å²) in [6.45, 7) is 0.348. The van der Waals surface area contributed by atoms with Crippen molar-refractivity contribution in [3.8, 4) is 0 Å². The summed E-state index contributed by atoms with van der Waals surface area (Å²) < 4.78 is 1.83. The monoisotopic (exact) mass is 319 g/mol. The highest BCUT2D eigenvalue weighted by Crippen LogP contribution is 2.12. The van der Waals surface area contributed by atoms with Crippen molar-refractivity contribution in [2.45, 2.75) is 6.54 Å². The number of aromatic nitrogens is 2. The van der Waals surface area contributed by atoms with E-state index in [1.54, 1.807) is 36.5 Å². The number of nitrogens with one attached hydrogen (secondary N) is 1. The molecule has 3 aromatic rings. The highest BCUT2D eigenvalue weighted by molar-refractivity contribution is 6.30. The predicted molar refractivity (Wildman–Crippen MR) is 82.8 cm³/mol. The van der Waals surface area contributed by atoms with E-state index in [0.29, 0.717) is 22.2 Å². The molecule has 0 radical (unpaired) electrons. The van der Waals surface area contributed by atoms with E-state index in [1.807, 2.05) is 16.7 Å². The van der Waals surface area contributed by atoms with Crippen LogP contribution in [0.15, 0.2) is 48.8 Å². The van der Waals surface area contributed by atoms with Gasteiger partial charge >= 0.3 is 0 Å². The van der Waals surface area contributed by atoms with Gasteiger partial charge in [-0.1, -0.05) is 23.2 Å². The van der Waals surface area contributed by atoms with E-state index in [1.165, 1.54) is 0 Å². The van der Waals surface area contributed by atoms with Crippen LogP contribution in [0.2, 0.25) is 10.0 Å². The molecule has 0 aliphatic heterocycles. The van der Waals surface area contributed by atoms with Gasteiger partial charge in [0.1, 0.15) is 5.65 Å². The average molecular weight is 320 g/mol. The molecule has 2 aromatic heterocycles. The molecule has 1 amide bonds. The zero-order valence-electron chi connectivity index (χ0n) is 10.9. The Morgan fingerprint density at radius 3 is 2.52 bits per heavy atom. The van der Waals surface area contributed by atoms with Gasteiger partial charge < -0.3 is 9.72 Å². The molecule has 6 heteroatoms. The van der Waals surface area contributed by atoms with Gasteiger partial charge in [-0.3, -0.25) is 4.79 Å². The summed E-state index contributed by atoms with van der Waals surface area (Å²) in [6, 6.07) is 10.3. The van der Waals surface area contributed by atoms with Gasteiger partial charge in [-0.25, -0.2) is 4.98 Å². The maximum absolute atomic E-state index is 12.0. The Labute approximate surface area is 131 Å². The first-order valence-electron chi connectivity index (χ1n) is 6.29. The molecule has 2 heterocycles. The van der Waals surface area contributed by atoms with E-state index in [0.717, 1.165) is 11.3 Å². The van der Waals surface area contributed by atoms with Gasteiger partial charge in [0.25, 0.3) is 5.91 Å². The zero-order chi connectivity index (χ0) is 14.8. The van der Waals surface area contributed by atoms with Crippen molar-refractivity contribution in [3.63, 3.8) is 0 Å². The number of nitrogens with zero attached hydrogens (tertiary/aromatic N) is 2. The molecule has 4 nitrogen and oxygen atoms in total. The Morgan fingerprint density at radius 2 is 1.76 bits per heavy atom. The molecule has 0 saturated heterocycles. The lowest BCUT2D eigenvalue weighted by Crippen LogP contribution is -2.22. The third-order valence-corrected chi connectivity index (χ3v) is 3.48. The maximum atomic E-state index is 12.0. The molecule has 0 atom stereocenters. The van der Waals surface area contributed by atoms with Gasteiger partial charge in [0.15, 0.2) is 0 Å². The van der Waals surface area contributed by atoms with Crippen LogP contribution in [-0.2, 0) is 6.54 Å². The molecular formula is C15H11Cl2N3O. The molecule has 0 saturated carbocycles. The molecule has 0 spiro atoms. The van der Waals surface area contributed by atoms with E-state index in [9.17, 15) is 4.79 Å². The van der Waals surface area contributed by atoms with Crippen molar-refractivity contribution in [2.24, 2.45) is 0 Å². The minimum absolute atomic E-state index is 0.165. The third kappa shape index (κ3) is 3.17. The zero-order valence-corrected chi connectivity index (χ0v) is 12.4. The van der Waals surface area contributed by atoms with Crippen LogP contribution in [0.4, 0.5) is 0 Å². The Bertz CT molecular complexity index is 796. The number of imidazole rings is 1. The van der Waals surface area contributed by atoms with Crippen LogP contribution in [0.1, 0.15) is 16.1 Å². The van der Waals surface area contributed by atoms with E-state index in [2.05, 4.69) is 10.3 Å². The van der Waals surface area contributed by atoms with Crippen molar-refractivity contribution in [1.29, 1.82) is 0 Å². The molecule has 0 aliphatic rings. The summed E-state index contributed by atoms with van der Waals surface area (Å²) in [5, 5.41) is 4.06. The molecule has 0 bridgehead atoms. The Kier molecular flexibility index (Phi) is 3.82. The van der Waals surface area contributed by atoms with Crippen LogP contribution in [-0.4, -0.2) is 15.3 Å². The Balaban J connectivity index is 1.71. The summed E-state index contributed by atoms with van der Waals surface area (Å²) in [5.74, 6) is -0.165. The first kappa shape index (κ1) is 13.9. The smallest absolute Gasteiger partial charge is 0.251 e. The van der Waals surface area contributed by atoms with Gasteiger partial charge in [-0.2, -0.15) is 0 Å². The first-order valence-corrected chi connectivity index (χ1v) is 7.04. The second-order valence-electron chi connectivity index (χ2n) is 4.53. The fraction of sp³-hybridized carbons (Fsp3) is 0.0667. The van der Waals surface area contributed by atoms with Crippen LogP contribution < -0.4 is 5.32 Å². The van der Waals surface area contributed by atoms with Crippen LogP contribution in [0.5, 0.6) is 0 Å². The van der Waals surface area contributed by atoms with Gasteiger partial charge in [-0.15, -0.1) is 0 Å². The lowest BCUT2D eigenvalue weighted by Gasteiger charge is -2.03. The number of amides is 1. The topological polar surface area (TPSA) is 46.4 Å². The number of halogens is 2. The Hall–Kier alpha value is -2.04. The standard InChI is InChI=1S/C15H11Cl2N3O/c16-11-3-1-10(2-4-11)15(21)18-7-13-9-20-8-12(17)5-6-14(20)19-13/h1-6,8-9H,7H2,(H,18,21). The van der Waals surface area contributed by atoms with Gasteiger partial charge in [0.2, 0.25) is 0 Å². The molecular weight excluding hydrogens is 309 g/mol. The van der Waals surface area contributed by atoms with Crippen LogP contribution in [0.25, 0.3) is 5.65 Å². The van der Waals surface area contributed by atoms with E-state index in [4.69, 9.17) is 23.2 Å². The van der Waals surface area contributed by atoms with Crippen molar-refractivity contribution in [1.82, 2.24) is 14.7 Å². The first-order chi connectivity index (χ1) is 10.1. The van der Waals surface area contributed by atoms with Crippen LogP contribution in [0.3, 0.4) is 0 Å². The number of fused-ring (bicyclic) bond motifs is 1. The number of carbonyl (C=O) groups excluding carboxylic acids is 1. The average Bonchev–Trinajstić information content (AvgIpc) is 2.87. The van der Waals surface area contributed by atoms with Crippen molar-refractivity contribution in [2.75, 3.05) is 0 Å². The van der Waals surface area contributed by atoms with Crippen molar-refractivity contribution in [3.05, 3.63) is 70.1 Å². The minimum Gasteiger partial charge on any atom is -0.346 e. The molecule has 1 N–H and O–H groups in total. The van der Waals surface area contributed by atoms with Gasteiger partial charge in [-0.05, 0) is 36.4 Å². The lowest BCUT2D eigenvalue weighted by molar-refractivity contribution is 0.0950. The lowest BCUT2D eigenvalue weighted by atomic mass is 10.2. The predicted octanol–water partition coefficient (Wildman–Crippen LogP) is 3.57. The number of carbonyl (C=O) groups is 1.